The molecule has 1 atom stereocenters. The van der Waals surface area contributed by atoms with E-state index in [1.54, 1.807) is 7.11 Å². The van der Waals surface area contributed by atoms with Crippen molar-refractivity contribution in [3.8, 4) is 5.75 Å². The van der Waals surface area contributed by atoms with Crippen LogP contribution in [0.5, 0.6) is 5.75 Å². The van der Waals surface area contributed by atoms with Crippen molar-refractivity contribution in [2.75, 3.05) is 37.1 Å². The molecule has 0 aliphatic carbocycles. The number of fused-ring (bicyclic) bond motifs is 3. The van der Waals surface area contributed by atoms with E-state index in [1.165, 1.54) is 7.11 Å². The van der Waals surface area contributed by atoms with Gasteiger partial charge < -0.3 is 19.3 Å². The zero-order valence-corrected chi connectivity index (χ0v) is 15.0. The molecular weight excluding hydrogens is 320 g/mol. The molecule has 0 aromatic heterocycles. The van der Waals surface area contributed by atoms with E-state index >= 15 is 0 Å². The minimum Gasteiger partial charge on any atom is -0.497 e. The van der Waals surface area contributed by atoms with Crippen LogP contribution in [0.15, 0.2) is 18.2 Å². The van der Waals surface area contributed by atoms with Gasteiger partial charge in [-0.2, -0.15) is 0 Å². The molecule has 1 aromatic carbocycles. The Morgan fingerprint density at radius 1 is 1.16 bits per heavy atom. The van der Waals surface area contributed by atoms with Crippen LogP contribution in [-0.2, 0) is 14.3 Å². The van der Waals surface area contributed by atoms with Gasteiger partial charge in [-0.3, -0.25) is 9.59 Å². The quantitative estimate of drug-likeness (QED) is 0.585. The van der Waals surface area contributed by atoms with E-state index in [0.29, 0.717) is 31.7 Å². The third-order valence-electron chi connectivity index (χ3n) is 5.10. The summed E-state index contributed by atoms with van der Waals surface area (Å²) in [6.45, 7) is 1.78. The summed E-state index contributed by atoms with van der Waals surface area (Å²) in [7, 11) is 3.05. The van der Waals surface area contributed by atoms with E-state index in [2.05, 4.69) is 9.64 Å². The first-order valence-electron chi connectivity index (χ1n) is 8.96. The first-order valence-corrected chi connectivity index (χ1v) is 8.96. The van der Waals surface area contributed by atoms with Crippen molar-refractivity contribution < 1.29 is 19.1 Å². The zero-order chi connectivity index (χ0) is 17.8. The van der Waals surface area contributed by atoms with Crippen molar-refractivity contribution in [3.63, 3.8) is 0 Å². The van der Waals surface area contributed by atoms with Gasteiger partial charge in [0.15, 0.2) is 0 Å². The molecule has 0 N–H and O–H groups in total. The molecular formula is C19H26N2O4. The molecule has 1 aromatic rings. The number of carbonyl (C=O) groups excluding carboxylic acids is 2. The molecule has 3 rings (SSSR count). The number of hydrogen-bond acceptors (Lipinski definition) is 5. The van der Waals surface area contributed by atoms with E-state index in [1.807, 2.05) is 23.1 Å². The third kappa shape index (κ3) is 3.72. The van der Waals surface area contributed by atoms with Crippen LogP contribution in [0, 0.1) is 0 Å². The number of carbonyl (C=O) groups is 2. The Morgan fingerprint density at radius 2 is 1.96 bits per heavy atom. The molecule has 6 nitrogen and oxygen atoms in total. The minimum atomic E-state index is -0.218. The van der Waals surface area contributed by atoms with Crippen LogP contribution in [-0.4, -0.2) is 45.2 Å². The third-order valence-corrected chi connectivity index (χ3v) is 5.10. The molecule has 0 radical (unpaired) electrons. The van der Waals surface area contributed by atoms with E-state index in [4.69, 9.17) is 4.74 Å². The van der Waals surface area contributed by atoms with Crippen LogP contribution in [0.4, 0.5) is 11.4 Å². The molecule has 1 fully saturated rings. The molecule has 0 spiro atoms. The maximum atomic E-state index is 12.8. The number of unbranched alkanes of at least 4 members (excludes halogenated alkanes) is 1. The molecule has 6 heteroatoms. The summed E-state index contributed by atoms with van der Waals surface area (Å²) in [5.41, 5.74) is 2.06. The summed E-state index contributed by atoms with van der Waals surface area (Å²) in [6.07, 6.45) is 4.47. The van der Waals surface area contributed by atoms with Gasteiger partial charge in [-0.1, -0.05) is 0 Å². The lowest BCUT2D eigenvalue weighted by atomic mass is 10.1. The molecule has 1 unspecified atom stereocenters. The summed E-state index contributed by atoms with van der Waals surface area (Å²) in [5.74, 6) is 0.726. The number of amides is 1. The largest absolute Gasteiger partial charge is 0.497 e. The SMILES string of the molecule is COC(=O)CCCCC(=O)N1CC2CCCN2c2cc(OC)ccc21. The maximum Gasteiger partial charge on any atom is 0.305 e. The smallest absolute Gasteiger partial charge is 0.305 e. The molecule has 136 valence electrons. The fourth-order valence-electron chi connectivity index (χ4n) is 3.76. The van der Waals surface area contributed by atoms with Crippen molar-refractivity contribution in [1.82, 2.24) is 0 Å². The zero-order valence-electron chi connectivity index (χ0n) is 15.0. The van der Waals surface area contributed by atoms with Crippen LogP contribution in [0.2, 0.25) is 0 Å². The van der Waals surface area contributed by atoms with Gasteiger partial charge in [-0.25, -0.2) is 0 Å². The predicted octanol–water partition coefficient (Wildman–Crippen LogP) is 2.74. The fraction of sp³-hybridized carbons (Fsp3) is 0.579. The normalized spacial score (nSPS) is 18.6. The predicted molar refractivity (Wildman–Crippen MR) is 96.2 cm³/mol. The van der Waals surface area contributed by atoms with Gasteiger partial charge in [0.25, 0.3) is 0 Å². The Labute approximate surface area is 148 Å². The number of hydrogen-bond donors (Lipinski definition) is 0. The van der Waals surface area contributed by atoms with Crippen LogP contribution < -0.4 is 14.5 Å². The highest BCUT2D eigenvalue weighted by Gasteiger charge is 2.36. The van der Waals surface area contributed by atoms with Gasteiger partial charge >= 0.3 is 5.97 Å². The van der Waals surface area contributed by atoms with Crippen LogP contribution in [0.3, 0.4) is 0 Å². The number of ether oxygens (including phenoxy) is 2. The molecule has 2 aliphatic heterocycles. The topological polar surface area (TPSA) is 59.1 Å². The number of esters is 1. The Hall–Kier alpha value is -2.24. The average molecular weight is 346 g/mol. The lowest BCUT2D eigenvalue weighted by molar-refractivity contribution is -0.140. The fourth-order valence-corrected chi connectivity index (χ4v) is 3.76. The maximum absolute atomic E-state index is 12.8. The molecule has 0 bridgehead atoms. The number of rotatable bonds is 6. The van der Waals surface area contributed by atoms with E-state index in [0.717, 1.165) is 43.1 Å². The number of methoxy groups -OCH3 is 2. The van der Waals surface area contributed by atoms with Crippen LogP contribution in [0.1, 0.15) is 38.5 Å². The molecule has 1 saturated heterocycles. The van der Waals surface area contributed by atoms with Crippen molar-refractivity contribution in [3.05, 3.63) is 18.2 Å². The van der Waals surface area contributed by atoms with Crippen LogP contribution >= 0.6 is 0 Å². The van der Waals surface area contributed by atoms with Gasteiger partial charge in [0.2, 0.25) is 5.91 Å². The Morgan fingerprint density at radius 3 is 2.72 bits per heavy atom. The van der Waals surface area contributed by atoms with E-state index < -0.39 is 0 Å². The second-order valence-electron chi connectivity index (χ2n) is 6.63. The monoisotopic (exact) mass is 346 g/mol. The van der Waals surface area contributed by atoms with Gasteiger partial charge in [0.05, 0.1) is 25.6 Å². The summed E-state index contributed by atoms with van der Waals surface area (Å²) < 4.78 is 10.0. The first-order chi connectivity index (χ1) is 12.1. The Balaban J connectivity index is 1.70. The van der Waals surface area contributed by atoms with Gasteiger partial charge in [-0.05, 0) is 37.8 Å². The number of benzene rings is 1. The highest BCUT2D eigenvalue weighted by molar-refractivity contribution is 5.98. The molecule has 0 saturated carbocycles. The van der Waals surface area contributed by atoms with E-state index in [-0.39, 0.29) is 11.9 Å². The number of nitrogens with zero attached hydrogens (tertiary/aromatic N) is 2. The summed E-state index contributed by atoms with van der Waals surface area (Å²) in [6, 6.07) is 6.31. The van der Waals surface area contributed by atoms with Gasteiger partial charge in [0, 0.05) is 38.0 Å². The van der Waals surface area contributed by atoms with Gasteiger partial charge in [-0.15, -0.1) is 0 Å². The lowest BCUT2D eigenvalue weighted by Gasteiger charge is -2.40. The molecule has 2 heterocycles. The van der Waals surface area contributed by atoms with Crippen LogP contribution in [0.25, 0.3) is 0 Å². The molecule has 2 aliphatic rings. The second-order valence-corrected chi connectivity index (χ2v) is 6.63. The van der Waals surface area contributed by atoms with Crippen molar-refractivity contribution in [2.45, 2.75) is 44.6 Å². The average Bonchev–Trinajstić information content (AvgIpc) is 3.12. The highest BCUT2D eigenvalue weighted by Crippen LogP contribution is 2.41. The van der Waals surface area contributed by atoms with E-state index in [9.17, 15) is 9.59 Å². The Bertz CT molecular complexity index is 646. The summed E-state index contributed by atoms with van der Waals surface area (Å²) in [5, 5.41) is 0. The Kier molecular flexibility index (Phi) is 5.46. The van der Waals surface area contributed by atoms with Crippen molar-refractivity contribution >= 4 is 23.3 Å². The first kappa shape index (κ1) is 17.6. The highest BCUT2D eigenvalue weighted by atomic mass is 16.5. The van der Waals surface area contributed by atoms with Gasteiger partial charge in [0.1, 0.15) is 5.75 Å². The second kappa shape index (κ2) is 7.76. The summed E-state index contributed by atoms with van der Waals surface area (Å²) in [4.78, 5) is 28.3. The lowest BCUT2D eigenvalue weighted by Crippen LogP contribution is -2.48. The standard InChI is InChI=1S/C19H26N2O4/c1-24-15-9-10-16-17(12-15)20-11-5-6-14(20)13-21(16)18(22)7-3-4-8-19(23)25-2/h9-10,12,14H,3-8,11,13H2,1-2H3. The van der Waals surface area contributed by atoms with Crippen molar-refractivity contribution in [2.24, 2.45) is 0 Å². The molecule has 1 amide bonds. The molecule has 25 heavy (non-hydrogen) atoms. The number of anilines is 2. The summed E-state index contributed by atoms with van der Waals surface area (Å²) >= 11 is 0. The van der Waals surface area contributed by atoms with Crippen molar-refractivity contribution in [1.29, 1.82) is 0 Å². The minimum absolute atomic E-state index is 0.128.